The zero-order chi connectivity index (χ0) is 34.1. The Morgan fingerprint density at radius 3 is 2.07 bits per heavy atom. The van der Waals surface area contributed by atoms with E-state index in [0.29, 0.717) is 6.42 Å². The molecule has 13 heteroatoms. The lowest BCUT2D eigenvalue weighted by Gasteiger charge is -2.57. The van der Waals surface area contributed by atoms with Gasteiger partial charge in [-0.3, -0.25) is 14.4 Å². The van der Waals surface area contributed by atoms with Gasteiger partial charge in [0.05, 0.1) is 5.60 Å². The van der Waals surface area contributed by atoms with Crippen molar-refractivity contribution in [1.82, 2.24) is 0 Å². The lowest BCUT2D eigenvalue weighted by atomic mass is 9.53. The van der Waals surface area contributed by atoms with Gasteiger partial charge in [0.2, 0.25) is 0 Å². The standard InChI is InChI=1S/C32H48O13/c1-8-9-10-11-12-13-22(36)45-24-17(2)16-21-32(41,31(7,40)28(38)44-21)27(43-19(4)34)25-29(5,15-14-20(35)30(25,6)39)26(23(24)37)42-18(3)33/h14-16,20-21,23-27,35,37,39-41H,8-13H2,1-7H3. The molecule has 0 aromatic heterocycles. The molecule has 0 radical (unpaired) electrons. The summed E-state index contributed by atoms with van der Waals surface area (Å²) in [6, 6.07) is 0. The summed E-state index contributed by atoms with van der Waals surface area (Å²) in [7, 11) is 0. The van der Waals surface area contributed by atoms with Crippen molar-refractivity contribution in [3.8, 4) is 0 Å². The number of esters is 4. The molecule has 1 fully saturated rings. The fourth-order valence-corrected chi connectivity index (χ4v) is 7.01. The Morgan fingerprint density at radius 1 is 0.911 bits per heavy atom. The van der Waals surface area contributed by atoms with Crippen molar-refractivity contribution in [2.75, 3.05) is 0 Å². The van der Waals surface area contributed by atoms with Crippen LogP contribution in [0.15, 0.2) is 23.8 Å². The van der Waals surface area contributed by atoms with Gasteiger partial charge in [0.1, 0.15) is 24.4 Å². The van der Waals surface area contributed by atoms with E-state index in [1.54, 1.807) is 0 Å². The summed E-state index contributed by atoms with van der Waals surface area (Å²) in [5.41, 5.74) is -9.65. The van der Waals surface area contributed by atoms with E-state index in [-0.39, 0.29) is 12.0 Å². The number of aliphatic hydroxyl groups is 5. The van der Waals surface area contributed by atoms with Crippen LogP contribution in [0.2, 0.25) is 0 Å². The van der Waals surface area contributed by atoms with Crippen molar-refractivity contribution < 1.29 is 63.7 Å². The largest absolute Gasteiger partial charge is 0.459 e. The summed E-state index contributed by atoms with van der Waals surface area (Å²) in [5, 5.41) is 58.6. The van der Waals surface area contributed by atoms with E-state index in [0.717, 1.165) is 52.5 Å². The minimum Gasteiger partial charge on any atom is -0.459 e. The van der Waals surface area contributed by atoms with Crippen LogP contribution in [-0.2, 0) is 38.1 Å². The number of fused-ring (bicyclic) bond motifs is 2. The molecule has 11 atom stereocenters. The van der Waals surface area contributed by atoms with E-state index in [1.807, 2.05) is 0 Å². The smallest absolute Gasteiger partial charge is 0.341 e. The van der Waals surface area contributed by atoms with E-state index in [4.69, 9.17) is 18.9 Å². The minimum atomic E-state index is -2.82. The van der Waals surface area contributed by atoms with Crippen LogP contribution in [0, 0.1) is 11.3 Å². The Hall–Kier alpha value is -2.84. The Bertz CT molecular complexity index is 1210. The van der Waals surface area contributed by atoms with Crippen molar-refractivity contribution in [3.05, 3.63) is 23.8 Å². The zero-order valence-electron chi connectivity index (χ0n) is 27.0. The van der Waals surface area contributed by atoms with Gasteiger partial charge in [-0.15, -0.1) is 0 Å². The summed E-state index contributed by atoms with van der Waals surface area (Å²) in [4.78, 5) is 51.2. The fraction of sp³-hybridized carbons (Fsp3) is 0.750. The molecule has 1 aliphatic heterocycles. The quantitative estimate of drug-likeness (QED) is 0.104. The second-order valence-electron chi connectivity index (χ2n) is 13.1. The molecular weight excluding hydrogens is 592 g/mol. The van der Waals surface area contributed by atoms with Crippen molar-refractivity contribution in [2.24, 2.45) is 11.3 Å². The maximum Gasteiger partial charge on any atom is 0.341 e. The first-order chi connectivity index (χ1) is 20.8. The van der Waals surface area contributed by atoms with Crippen LogP contribution in [0.25, 0.3) is 0 Å². The predicted octanol–water partition coefficient (Wildman–Crippen LogP) is 1.15. The Morgan fingerprint density at radius 2 is 1.49 bits per heavy atom. The molecule has 0 aromatic carbocycles. The molecule has 0 saturated carbocycles. The SMILES string of the molecule is CCCCCCCC(=O)OC1C(C)=CC2OC(=O)C(C)(O)C2(O)C(OC(C)=O)C2C(C)(O)C(O)C=CC2(C)C(OC(C)=O)C1O. The van der Waals surface area contributed by atoms with Crippen LogP contribution in [0.3, 0.4) is 0 Å². The highest BCUT2D eigenvalue weighted by molar-refractivity contribution is 5.84. The second-order valence-corrected chi connectivity index (χ2v) is 13.1. The molecule has 5 N–H and O–H groups in total. The summed E-state index contributed by atoms with van der Waals surface area (Å²) in [6.07, 6.45) is -2.52. The van der Waals surface area contributed by atoms with Gasteiger partial charge in [-0.1, -0.05) is 51.7 Å². The topological polar surface area (TPSA) is 206 Å². The zero-order valence-corrected chi connectivity index (χ0v) is 27.0. The van der Waals surface area contributed by atoms with Gasteiger partial charge in [-0.05, 0) is 38.8 Å². The van der Waals surface area contributed by atoms with Gasteiger partial charge in [0, 0.05) is 31.6 Å². The lowest BCUT2D eigenvalue weighted by Crippen LogP contribution is -2.74. The number of unbranched alkanes of at least 4 members (excludes halogenated alkanes) is 4. The van der Waals surface area contributed by atoms with Crippen LogP contribution in [0.4, 0.5) is 0 Å². The number of carbonyl (C=O) groups excluding carboxylic acids is 4. The molecule has 0 spiro atoms. The number of hydrogen-bond donors (Lipinski definition) is 5. The van der Waals surface area contributed by atoms with Crippen LogP contribution in [0.5, 0.6) is 0 Å². The van der Waals surface area contributed by atoms with Gasteiger partial charge >= 0.3 is 23.9 Å². The van der Waals surface area contributed by atoms with E-state index in [9.17, 15) is 44.7 Å². The number of rotatable bonds is 9. The van der Waals surface area contributed by atoms with Gasteiger partial charge in [-0.2, -0.15) is 0 Å². The maximum absolute atomic E-state index is 13.1. The lowest BCUT2D eigenvalue weighted by molar-refractivity contribution is -0.263. The number of aliphatic hydroxyl groups excluding tert-OH is 2. The Labute approximate surface area is 263 Å². The number of ether oxygens (including phenoxy) is 4. The third-order valence-electron chi connectivity index (χ3n) is 9.54. The van der Waals surface area contributed by atoms with Crippen molar-refractivity contribution in [3.63, 3.8) is 0 Å². The van der Waals surface area contributed by atoms with E-state index < -0.39 is 88.6 Å². The first-order valence-corrected chi connectivity index (χ1v) is 15.4. The summed E-state index contributed by atoms with van der Waals surface area (Å²) in [5.74, 6) is -5.51. The minimum absolute atomic E-state index is 0.0186. The Kier molecular flexibility index (Phi) is 11.0. The van der Waals surface area contributed by atoms with E-state index in [2.05, 4.69) is 6.92 Å². The molecule has 11 unspecified atom stereocenters. The molecule has 0 aromatic rings. The maximum atomic E-state index is 13.1. The average molecular weight is 641 g/mol. The fourth-order valence-electron chi connectivity index (χ4n) is 7.01. The molecule has 254 valence electrons. The summed E-state index contributed by atoms with van der Waals surface area (Å²) >= 11 is 0. The van der Waals surface area contributed by atoms with Gasteiger partial charge in [0.15, 0.2) is 23.4 Å². The first kappa shape index (κ1) is 36.6. The highest BCUT2D eigenvalue weighted by Gasteiger charge is 2.74. The van der Waals surface area contributed by atoms with E-state index in [1.165, 1.54) is 32.9 Å². The second kappa shape index (κ2) is 13.5. The molecule has 3 aliphatic rings. The summed E-state index contributed by atoms with van der Waals surface area (Å²) < 4.78 is 22.4. The molecule has 0 bridgehead atoms. The van der Waals surface area contributed by atoms with E-state index >= 15 is 0 Å². The van der Waals surface area contributed by atoms with Crippen LogP contribution >= 0.6 is 0 Å². The predicted molar refractivity (Wildman–Crippen MR) is 157 cm³/mol. The molecule has 1 heterocycles. The monoisotopic (exact) mass is 640 g/mol. The molecule has 1 saturated heterocycles. The Balaban J connectivity index is 2.31. The molecule has 2 aliphatic carbocycles. The third kappa shape index (κ3) is 6.69. The normalized spacial score (nSPS) is 41.2. The molecule has 3 rings (SSSR count). The number of hydrogen-bond acceptors (Lipinski definition) is 13. The number of carbonyl (C=O) groups is 4. The highest BCUT2D eigenvalue weighted by atomic mass is 16.6. The van der Waals surface area contributed by atoms with Crippen molar-refractivity contribution >= 4 is 23.9 Å². The van der Waals surface area contributed by atoms with Gasteiger partial charge in [-0.25, -0.2) is 4.79 Å². The molecule has 0 amide bonds. The first-order valence-electron chi connectivity index (χ1n) is 15.4. The van der Waals surface area contributed by atoms with Gasteiger partial charge in [0.25, 0.3) is 0 Å². The summed E-state index contributed by atoms with van der Waals surface area (Å²) in [6.45, 7) is 9.11. The molecule has 13 nitrogen and oxygen atoms in total. The average Bonchev–Trinajstić information content (AvgIpc) is 3.10. The van der Waals surface area contributed by atoms with Crippen LogP contribution in [0.1, 0.15) is 87.0 Å². The van der Waals surface area contributed by atoms with Crippen LogP contribution < -0.4 is 0 Å². The van der Waals surface area contributed by atoms with Crippen molar-refractivity contribution in [1.29, 1.82) is 0 Å². The molecular formula is C32H48O13. The highest BCUT2D eigenvalue weighted by Crippen LogP contribution is 2.55. The van der Waals surface area contributed by atoms with Crippen LogP contribution in [-0.4, -0.2) is 103 Å². The molecule has 45 heavy (non-hydrogen) atoms. The van der Waals surface area contributed by atoms with Crippen molar-refractivity contribution in [2.45, 2.75) is 140 Å². The van der Waals surface area contributed by atoms with Gasteiger partial charge < -0.3 is 44.5 Å². The third-order valence-corrected chi connectivity index (χ3v) is 9.54.